The molecule has 4 heterocycles. The van der Waals surface area contributed by atoms with Crippen LogP contribution in [-0.4, -0.2) is 57.5 Å². The lowest BCUT2D eigenvalue weighted by atomic mass is 9.80. The summed E-state index contributed by atoms with van der Waals surface area (Å²) in [5, 5.41) is 19.2. The van der Waals surface area contributed by atoms with E-state index in [2.05, 4.69) is 63.4 Å². The Bertz CT molecular complexity index is 1150. The van der Waals surface area contributed by atoms with Crippen molar-refractivity contribution in [3.05, 3.63) is 36.0 Å². The first kappa shape index (κ1) is 21.5. The van der Waals surface area contributed by atoms with Gasteiger partial charge < -0.3 is 20.2 Å². The average Bonchev–Trinajstić information content (AvgIpc) is 3.26. The van der Waals surface area contributed by atoms with E-state index >= 15 is 0 Å². The summed E-state index contributed by atoms with van der Waals surface area (Å²) in [6.07, 6.45) is 4.89. The van der Waals surface area contributed by atoms with Gasteiger partial charge in [0.25, 0.3) is 0 Å². The van der Waals surface area contributed by atoms with Crippen molar-refractivity contribution >= 4 is 34.6 Å². The van der Waals surface area contributed by atoms with Gasteiger partial charge in [-0.3, -0.25) is 5.10 Å². The Kier molecular flexibility index (Phi) is 5.55. The van der Waals surface area contributed by atoms with Crippen molar-refractivity contribution in [3.8, 4) is 0 Å². The van der Waals surface area contributed by atoms with E-state index < -0.39 is 6.09 Å². The fraction of sp³-hybridized carbons (Fsp3) is 0.500. The lowest BCUT2D eigenvalue weighted by Gasteiger charge is -2.39. The van der Waals surface area contributed by atoms with E-state index in [9.17, 15) is 4.79 Å². The molecule has 0 saturated carbocycles. The number of anilines is 3. The van der Waals surface area contributed by atoms with Gasteiger partial charge in [-0.1, -0.05) is 32.0 Å². The molecule has 1 fully saturated rings. The molecule has 9 nitrogen and oxygen atoms in total. The van der Waals surface area contributed by atoms with Gasteiger partial charge >= 0.3 is 6.09 Å². The first-order chi connectivity index (χ1) is 16.0. The van der Waals surface area contributed by atoms with Gasteiger partial charge in [0.15, 0.2) is 17.0 Å². The Morgan fingerprint density at radius 1 is 1.27 bits per heavy atom. The van der Waals surface area contributed by atoms with Crippen molar-refractivity contribution in [2.75, 3.05) is 36.0 Å². The molecule has 2 aliphatic heterocycles. The highest BCUT2D eigenvalue weighted by Crippen LogP contribution is 2.41. The smallest absolute Gasteiger partial charge is 0.404 e. The molecule has 0 aliphatic carbocycles. The lowest BCUT2D eigenvalue weighted by Crippen LogP contribution is -2.44. The van der Waals surface area contributed by atoms with Crippen molar-refractivity contribution in [2.45, 2.75) is 45.4 Å². The Morgan fingerprint density at radius 2 is 2.06 bits per heavy atom. The summed E-state index contributed by atoms with van der Waals surface area (Å²) in [5.74, 6) is 2.24. The van der Waals surface area contributed by atoms with Gasteiger partial charge in [-0.2, -0.15) is 5.10 Å². The number of para-hydroxylation sites is 1. The summed E-state index contributed by atoms with van der Waals surface area (Å²) in [4.78, 5) is 24.9. The molecular formula is C24H31N7O2. The number of amides is 1. The number of benzene rings is 1. The number of nitrogens with one attached hydrogen (secondary N) is 2. The molecule has 1 atom stereocenters. The summed E-state index contributed by atoms with van der Waals surface area (Å²) >= 11 is 0. The van der Waals surface area contributed by atoms with Crippen LogP contribution < -0.4 is 15.1 Å². The Labute approximate surface area is 193 Å². The summed E-state index contributed by atoms with van der Waals surface area (Å²) in [6.45, 7) is 7.40. The van der Waals surface area contributed by atoms with Gasteiger partial charge in [-0.25, -0.2) is 14.8 Å². The molecule has 1 aromatic carbocycles. The third-order valence-electron chi connectivity index (χ3n) is 7.32. The van der Waals surface area contributed by atoms with E-state index in [1.165, 1.54) is 11.3 Å². The number of aromatic nitrogens is 4. The first-order valence-corrected chi connectivity index (χ1v) is 11.8. The second-order valence-electron chi connectivity index (χ2n) is 9.53. The molecule has 1 amide bonds. The van der Waals surface area contributed by atoms with Gasteiger partial charge in [0, 0.05) is 31.9 Å². The normalized spacial score (nSPS) is 20.0. The van der Waals surface area contributed by atoms with Crippen molar-refractivity contribution in [1.82, 2.24) is 25.5 Å². The van der Waals surface area contributed by atoms with Crippen LogP contribution in [0.1, 0.15) is 51.0 Å². The van der Waals surface area contributed by atoms with Gasteiger partial charge in [0.1, 0.15) is 5.82 Å². The van der Waals surface area contributed by atoms with Crippen molar-refractivity contribution in [1.29, 1.82) is 0 Å². The number of hydrogen-bond acceptors (Lipinski definition) is 6. The van der Waals surface area contributed by atoms with Gasteiger partial charge in [0.2, 0.25) is 0 Å². The van der Waals surface area contributed by atoms with Crippen LogP contribution in [0.2, 0.25) is 0 Å². The van der Waals surface area contributed by atoms with Crippen molar-refractivity contribution < 1.29 is 9.90 Å². The number of hydrogen-bond donors (Lipinski definition) is 3. The minimum Gasteiger partial charge on any atom is -0.465 e. The second-order valence-corrected chi connectivity index (χ2v) is 9.53. The number of carbonyl (C=O) groups is 1. The molecule has 5 rings (SSSR count). The molecule has 33 heavy (non-hydrogen) atoms. The van der Waals surface area contributed by atoms with Gasteiger partial charge in [0.05, 0.1) is 6.20 Å². The first-order valence-electron chi connectivity index (χ1n) is 11.8. The molecule has 0 bridgehead atoms. The minimum absolute atomic E-state index is 0.0361. The van der Waals surface area contributed by atoms with Crippen molar-refractivity contribution in [2.24, 2.45) is 5.41 Å². The summed E-state index contributed by atoms with van der Waals surface area (Å²) < 4.78 is 0. The topological polar surface area (TPSA) is 110 Å². The molecule has 1 unspecified atom stereocenters. The number of H-pyrrole nitrogens is 1. The van der Waals surface area contributed by atoms with E-state index in [-0.39, 0.29) is 5.41 Å². The maximum Gasteiger partial charge on any atom is 0.404 e. The van der Waals surface area contributed by atoms with E-state index in [0.717, 1.165) is 62.5 Å². The van der Waals surface area contributed by atoms with Gasteiger partial charge in [-0.05, 0) is 48.6 Å². The maximum atomic E-state index is 10.9. The van der Waals surface area contributed by atoms with E-state index in [1.807, 2.05) is 6.20 Å². The predicted octanol–water partition coefficient (Wildman–Crippen LogP) is 4.26. The van der Waals surface area contributed by atoms with Crippen LogP contribution in [0.5, 0.6) is 0 Å². The standard InChI is InChI=1S/C24H31N7O2/c1-3-16-8-11-31(18-7-5-4-6-17(16)18)22-20-21(28-29-22)27-19(14-25-20)30-12-9-24(2,10-13-30)15-26-23(32)33/h4-7,14,16,26H,3,8-13,15H2,1-2H3,(H,32,33)(H,27,28,29). The fourth-order valence-corrected chi connectivity index (χ4v) is 5.15. The Morgan fingerprint density at radius 3 is 2.82 bits per heavy atom. The lowest BCUT2D eigenvalue weighted by molar-refractivity contribution is 0.178. The Hall–Kier alpha value is -3.36. The molecule has 3 aromatic rings. The number of nitrogens with zero attached hydrogens (tertiary/aromatic N) is 5. The molecule has 2 aromatic heterocycles. The molecule has 174 valence electrons. The largest absolute Gasteiger partial charge is 0.465 e. The summed E-state index contributed by atoms with van der Waals surface area (Å²) in [5.41, 5.74) is 4.03. The average molecular weight is 450 g/mol. The highest BCUT2D eigenvalue weighted by atomic mass is 16.4. The number of piperidine rings is 1. The highest BCUT2D eigenvalue weighted by Gasteiger charge is 2.32. The predicted molar refractivity (Wildman–Crippen MR) is 128 cm³/mol. The third-order valence-corrected chi connectivity index (χ3v) is 7.32. The van der Waals surface area contributed by atoms with Crippen molar-refractivity contribution in [3.63, 3.8) is 0 Å². The quantitative estimate of drug-likeness (QED) is 0.534. The van der Waals surface area contributed by atoms with Crippen LogP contribution in [0, 0.1) is 5.41 Å². The Balaban J connectivity index is 1.36. The zero-order valence-electron chi connectivity index (χ0n) is 19.2. The highest BCUT2D eigenvalue weighted by molar-refractivity contribution is 5.88. The SMILES string of the molecule is CCC1CCN(c2n[nH]c3nc(N4CCC(C)(CNC(=O)O)CC4)cnc23)c2ccccc21. The van der Waals surface area contributed by atoms with E-state index in [0.29, 0.717) is 18.1 Å². The number of rotatable bonds is 5. The summed E-state index contributed by atoms with van der Waals surface area (Å²) in [7, 11) is 0. The molecule has 0 spiro atoms. The monoisotopic (exact) mass is 449 g/mol. The molecule has 9 heteroatoms. The molecular weight excluding hydrogens is 418 g/mol. The van der Waals surface area contributed by atoms with E-state index in [1.54, 1.807) is 0 Å². The molecule has 3 N–H and O–H groups in total. The maximum absolute atomic E-state index is 10.9. The van der Waals surface area contributed by atoms with Crippen LogP contribution in [0.3, 0.4) is 0 Å². The van der Waals surface area contributed by atoms with Crippen LogP contribution >= 0.6 is 0 Å². The number of fused-ring (bicyclic) bond motifs is 2. The minimum atomic E-state index is -0.966. The van der Waals surface area contributed by atoms with Crippen LogP contribution in [0.4, 0.5) is 22.1 Å². The molecule has 0 radical (unpaired) electrons. The van der Waals surface area contributed by atoms with Crippen LogP contribution in [0.25, 0.3) is 11.2 Å². The zero-order chi connectivity index (χ0) is 23.0. The van der Waals surface area contributed by atoms with E-state index in [4.69, 9.17) is 15.1 Å². The number of aromatic amines is 1. The van der Waals surface area contributed by atoms with Crippen LogP contribution in [0.15, 0.2) is 30.5 Å². The zero-order valence-corrected chi connectivity index (χ0v) is 19.2. The number of carboxylic acid groups (broad SMARTS) is 1. The fourth-order valence-electron chi connectivity index (χ4n) is 5.15. The van der Waals surface area contributed by atoms with Crippen LogP contribution in [-0.2, 0) is 0 Å². The third kappa shape index (κ3) is 4.07. The second kappa shape index (κ2) is 8.53. The molecule has 1 saturated heterocycles. The van der Waals surface area contributed by atoms with Gasteiger partial charge in [-0.15, -0.1) is 0 Å². The molecule has 2 aliphatic rings. The summed E-state index contributed by atoms with van der Waals surface area (Å²) in [6, 6.07) is 8.59.